The number of halogens is 1. The molecule has 2 aromatic carbocycles. The van der Waals surface area contributed by atoms with Gasteiger partial charge in [-0.25, -0.2) is 12.8 Å². The predicted octanol–water partition coefficient (Wildman–Crippen LogP) is 2.22. The average Bonchev–Trinajstić information content (AvgIpc) is 2.67. The molecule has 1 unspecified atom stereocenters. The Morgan fingerprint density at radius 2 is 1.57 bits per heavy atom. The number of aryl methyl sites for hydroxylation is 1. The number of carbonyl (C=O) groups excluding carboxylic acids is 2. The molecular formula is C21H26FN3O4S. The van der Waals surface area contributed by atoms with Crippen molar-refractivity contribution in [3.8, 4) is 0 Å². The molecule has 1 atom stereocenters. The molecule has 30 heavy (non-hydrogen) atoms. The molecule has 0 aromatic heterocycles. The number of rotatable bonds is 8. The molecule has 2 aromatic rings. The van der Waals surface area contributed by atoms with Crippen LogP contribution in [0.2, 0.25) is 0 Å². The quantitative estimate of drug-likeness (QED) is 0.553. The second-order valence-electron chi connectivity index (χ2n) is 7.46. The second kappa shape index (κ2) is 10.3. The Hall–Kier alpha value is -2.78. The first-order valence-electron chi connectivity index (χ1n) is 9.49. The minimum absolute atomic E-state index is 0.0244. The fourth-order valence-electron chi connectivity index (χ4n) is 2.70. The lowest BCUT2D eigenvalue weighted by Crippen LogP contribution is -2.52. The van der Waals surface area contributed by atoms with Crippen LogP contribution < -0.4 is 15.6 Å². The summed E-state index contributed by atoms with van der Waals surface area (Å²) in [5, 5.41) is 0. The van der Waals surface area contributed by atoms with E-state index in [1.807, 2.05) is 20.8 Å². The van der Waals surface area contributed by atoms with E-state index in [2.05, 4.69) is 15.6 Å². The molecule has 162 valence electrons. The molecule has 7 nitrogen and oxygen atoms in total. The van der Waals surface area contributed by atoms with Gasteiger partial charge in [-0.2, -0.15) is 4.72 Å². The van der Waals surface area contributed by atoms with Crippen LogP contribution in [0, 0.1) is 18.7 Å². The van der Waals surface area contributed by atoms with E-state index in [-0.39, 0.29) is 23.7 Å². The minimum Gasteiger partial charge on any atom is -0.273 e. The summed E-state index contributed by atoms with van der Waals surface area (Å²) in [5.41, 5.74) is 6.01. The van der Waals surface area contributed by atoms with Gasteiger partial charge in [0.15, 0.2) is 0 Å². The largest absolute Gasteiger partial charge is 0.273 e. The van der Waals surface area contributed by atoms with Crippen LogP contribution in [0.1, 0.15) is 31.4 Å². The van der Waals surface area contributed by atoms with E-state index >= 15 is 0 Å². The van der Waals surface area contributed by atoms with Gasteiger partial charge in [-0.15, -0.1) is 0 Å². The summed E-state index contributed by atoms with van der Waals surface area (Å²) in [6.45, 7) is 5.55. The molecule has 0 bridgehead atoms. The van der Waals surface area contributed by atoms with Gasteiger partial charge in [0, 0.05) is 0 Å². The standard InChI is InChI=1S/C21H26FN3O4S/c1-14(2)12-19(25-30(28,29)18-10-4-15(3)5-11-18)21(27)24-23-20(26)13-16-6-8-17(22)9-7-16/h4-11,14,19,25H,12-13H2,1-3H3,(H,23,26)(H,24,27). The van der Waals surface area contributed by atoms with Crippen molar-refractivity contribution in [3.05, 3.63) is 65.5 Å². The van der Waals surface area contributed by atoms with Crippen LogP contribution in [0.5, 0.6) is 0 Å². The molecule has 0 aliphatic heterocycles. The first kappa shape index (κ1) is 23.5. The van der Waals surface area contributed by atoms with Crippen molar-refractivity contribution >= 4 is 21.8 Å². The Morgan fingerprint density at radius 1 is 0.967 bits per heavy atom. The van der Waals surface area contributed by atoms with Gasteiger partial charge in [0.1, 0.15) is 11.9 Å². The van der Waals surface area contributed by atoms with Crippen molar-refractivity contribution in [2.45, 2.75) is 44.6 Å². The normalized spacial score (nSPS) is 12.4. The first-order chi connectivity index (χ1) is 14.1. The third-order valence-corrected chi connectivity index (χ3v) is 5.74. The number of hydrogen-bond acceptors (Lipinski definition) is 4. The zero-order valence-electron chi connectivity index (χ0n) is 17.1. The highest BCUT2D eigenvalue weighted by Gasteiger charge is 2.26. The molecule has 0 saturated heterocycles. The van der Waals surface area contributed by atoms with Crippen LogP contribution in [0.4, 0.5) is 4.39 Å². The van der Waals surface area contributed by atoms with E-state index in [0.717, 1.165) is 5.56 Å². The third kappa shape index (κ3) is 7.23. The maximum absolute atomic E-state index is 12.9. The van der Waals surface area contributed by atoms with Gasteiger partial charge in [0.2, 0.25) is 15.9 Å². The molecule has 0 heterocycles. The van der Waals surface area contributed by atoms with Gasteiger partial charge >= 0.3 is 0 Å². The van der Waals surface area contributed by atoms with Gasteiger partial charge < -0.3 is 0 Å². The topological polar surface area (TPSA) is 104 Å². The van der Waals surface area contributed by atoms with E-state index in [1.165, 1.54) is 36.4 Å². The van der Waals surface area contributed by atoms with Crippen LogP contribution in [-0.2, 0) is 26.0 Å². The summed E-state index contributed by atoms with van der Waals surface area (Å²) in [6.07, 6.45) is 0.176. The second-order valence-corrected chi connectivity index (χ2v) is 9.17. The Kier molecular flexibility index (Phi) is 8.08. The van der Waals surface area contributed by atoms with Gasteiger partial charge in [0.05, 0.1) is 11.3 Å². The number of nitrogens with one attached hydrogen (secondary N) is 3. The summed E-state index contributed by atoms with van der Waals surface area (Å²) < 4.78 is 40.6. The SMILES string of the molecule is Cc1ccc(S(=O)(=O)NC(CC(C)C)C(=O)NNC(=O)Cc2ccc(F)cc2)cc1. The molecule has 0 saturated carbocycles. The predicted molar refractivity (Wildman–Crippen MR) is 111 cm³/mol. The Bertz CT molecular complexity index is 974. The van der Waals surface area contributed by atoms with Crippen LogP contribution in [0.15, 0.2) is 53.4 Å². The van der Waals surface area contributed by atoms with Crippen molar-refractivity contribution in [1.82, 2.24) is 15.6 Å². The number of carbonyl (C=O) groups is 2. The molecule has 2 amide bonds. The first-order valence-corrected chi connectivity index (χ1v) is 11.0. The van der Waals surface area contributed by atoms with Crippen LogP contribution in [-0.4, -0.2) is 26.3 Å². The monoisotopic (exact) mass is 435 g/mol. The third-order valence-electron chi connectivity index (χ3n) is 4.26. The minimum atomic E-state index is -3.92. The lowest BCUT2D eigenvalue weighted by molar-refractivity contribution is -0.129. The Labute approximate surface area is 176 Å². The van der Waals surface area contributed by atoms with Crippen molar-refractivity contribution in [3.63, 3.8) is 0 Å². The van der Waals surface area contributed by atoms with Crippen molar-refractivity contribution in [1.29, 1.82) is 0 Å². The lowest BCUT2D eigenvalue weighted by atomic mass is 10.0. The van der Waals surface area contributed by atoms with Gasteiger partial charge in [0.25, 0.3) is 5.91 Å². The zero-order chi connectivity index (χ0) is 22.3. The van der Waals surface area contributed by atoms with Crippen molar-refractivity contribution in [2.75, 3.05) is 0 Å². The summed E-state index contributed by atoms with van der Waals surface area (Å²) >= 11 is 0. The number of amides is 2. The van der Waals surface area contributed by atoms with E-state index in [4.69, 9.17) is 0 Å². The highest BCUT2D eigenvalue weighted by atomic mass is 32.2. The molecule has 2 rings (SSSR count). The maximum atomic E-state index is 12.9. The number of benzene rings is 2. The fourth-order valence-corrected chi connectivity index (χ4v) is 3.91. The van der Waals surface area contributed by atoms with Gasteiger partial charge in [-0.05, 0) is 49.1 Å². The van der Waals surface area contributed by atoms with Crippen LogP contribution in [0.25, 0.3) is 0 Å². The van der Waals surface area contributed by atoms with E-state index in [0.29, 0.717) is 5.56 Å². The number of sulfonamides is 1. The van der Waals surface area contributed by atoms with Gasteiger partial charge in [-0.3, -0.25) is 20.4 Å². The Balaban J connectivity index is 2.01. The maximum Gasteiger partial charge on any atom is 0.256 e. The number of hydrazine groups is 1. The summed E-state index contributed by atoms with van der Waals surface area (Å²) in [4.78, 5) is 24.6. The molecule has 0 spiro atoms. The van der Waals surface area contributed by atoms with Crippen LogP contribution in [0.3, 0.4) is 0 Å². The van der Waals surface area contributed by atoms with Crippen molar-refractivity contribution < 1.29 is 22.4 Å². The Morgan fingerprint density at radius 3 is 2.13 bits per heavy atom. The number of hydrogen-bond donors (Lipinski definition) is 3. The lowest BCUT2D eigenvalue weighted by Gasteiger charge is -2.20. The molecule has 0 fully saturated rings. The summed E-state index contributed by atoms with van der Waals surface area (Å²) in [7, 11) is -3.92. The highest BCUT2D eigenvalue weighted by molar-refractivity contribution is 7.89. The molecule has 0 aliphatic carbocycles. The van der Waals surface area contributed by atoms with Crippen LogP contribution >= 0.6 is 0 Å². The van der Waals surface area contributed by atoms with E-state index in [9.17, 15) is 22.4 Å². The molecule has 3 N–H and O–H groups in total. The van der Waals surface area contributed by atoms with Gasteiger partial charge in [-0.1, -0.05) is 43.7 Å². The van der Waals surface area contributed by atoms with E-state index in [1.54, 1.807) is 12.1 Å². The molecule has 0 radical (unpaired) electrons. The fraction of sp³-hybridized carbons (Fsp3) is 0.333. The summed E-state index contributed by atoms with van der Waals surface area (Å²) in [6, 6.07) is 10.6. The smallest absolute Gasteiger partial charge is 0.256 e. The highest BCUT2D eigenvalue weighted by Crippen LogP contribution is 2.13. The average molecular weight is 436 g/mol. The molecule has 0 aliphatic rings. The molecular weight excluding hydrogens is 409 g/mol. The van der Waals surface area contributed by atoms with E-state index < -0.39 is 33.7 Å². The van der Waals surface area contributed by atoms with Crippen molar-refractivity contribution in [2.24, 2.45) is 5.92 Å². The molecule has 9 heteroatoms. The zero-order valence-corrected chi connectivity index (χ0v) is 17.9. The summed E-state index contributed by atoms with van der Waals surface area (Å²) in [5.74, 6) is -1.58.